The summed E-state index contributed by atoms with van der Waals surface area (Å²) in [6, 6.07) is 5.02. The first-order valence-electron chi connectivity index (χ1n) is 5.81. The molecule has 1 aromatic heterocycles. The molecule has 1 aromatic carbocycles. The highest BCUT2D eigenvalue weighted by atomic mass is 79.9. The van der Waals surface area contributed by atoms with E-state index in [1.165, 1.54) is 22.8 Å². The fourth-order valence-corrected chi connectivity index (χ4v) is 4.21. The van der Waals surface area contributed by atoms with Crippen LogP contribution in [0.4, 0.5) is 5.69 Å². The summed E-state index contributed by atoms with van der Waals surface area (Å²) in [6.45, 7) is 3.66. The van der Waals surface area contributed by atoms with Crippen molar-refractivity contribution in [3.8, 4) is 0 Å². The lowest BCUT2D eigenvalue weighted by Gasteiger charge is -2.10. The third-order valence-electron chi connectivity index (χ3n) is 2.78. The maximum absolute atomic E-state index is 12.2. The smallest absolute Gasteiger partial charge is 0.262 e. The van der Waals surface area contributed by atoms with Crippen molar-refractivity contribution in [3.05, 3.63) is 44.1 Å². The van der Waals surface area contributed by atoms with Crippen molar-refractivity contribution >= 4 is 43.0 Å². The van der Waals surface area contributed by atoms with Crippen LogP contribution in [-0.2, 0) is 16.6 Å². The van der Waals surface area contributed by atoms with Gasteiger partial charge in [-0.3, -0.25) is 4.72 Å². The molecule has 0 bridgehead atoms. The molecule has 2 rings (SSSR count). The molecule has 0 aliphatic rings. The van der Waals surface area contributed by atoms with Gasteiger partial charge in [-0.25, -0.2) is 8.42 Å². The Bertz CT molecular complexity index is 715. The van der Waals surface area contributed by atoms with Gasteiger partial charge in [0.25, 0.3) is 10.0 Å². The lowest BCUT2D eigenvalue weighted by Crippen LogP contribution is -2.12. The van der Waals surface area contributed by atoms with E-state index in [9.17, 15) is 8.42 Å². The zero-order chi connectivity index (χ0) is 14.9. The van der Waals surface area contributed by atoms with Crippen LogP contribution in [0.1, 0.15) is 16.0 Å². The van der Waals surface area contributed by atoms with E-state index in [2.05, 4.69) is 20.7 Å². The van der Waals surface area contributed by atoms with Crippen molar-refractivity contribution in [2.24, 2.45) is 0 Å². The predicted molar refractivity (Wildman–Crippen MR) is 84.7 cm³/mol. The Morgan fingerprint density at radius 3 is 2.35 bits per heavy atom. The zero-order valence-electron chi connectivity index (χ0n) is 11.0. The number of hydrogen-bond acceptors (Lipinski definition) is 4. The summed E-state index contributed by atoms with van der Waals surface area (Å²) in [4.78, 5) is 0.790. The summed E-state index contributed by atoms with van der Waals surface area (Å²) in [5, 5.41) is 10.5. The third kappa shape index (κ3) is 3.22. The molecule has 0 spiro atoms. The van der Waals surface area contributed by atoms with Gasteiger partial charge in [0.05, 0.1) is 11.5 Å². The molecule has 2 N–H and O–H groups in total. The number of benzene rings is 1. The highest BCUT2D eigenvalue weighted by Gasteiger charge is 2.17. The number of nitrogens with one attached hydrogen (secondary N) is 1. The average Bonchev–Trinajstić information content (AvgIpc) is 2.85. The van der Waals surface area contributed by atoms with Gasteiger partial charge in [0.1, 0.15) is 0 Å². The second-order valence-corrected chi connectivity index (χ2v) is 7.91. The van der Waals surface area contributed by atoms with Gasteiger partial charge in [0.2, 0.25) is 0 Å². The number of aryl methyl sites for hydroxylation is 2. The Hall–Kier alpha value is -0.890. The van der Waals surface area contributed by atoms with Gasteiger partial charge in [-0.2, -0.15) is 0 Å². The number of halogens is 1. The Morgan fingerprint density at radius 1 is 1.25 bits per heavy atom. The standard InChI is InChI=1S/C13H14BrNO3S2/c1-8-3-10(4-9(2)13(8)14)15-20(17,18)12-5-11(6-16)19-7-12/h3-5,7,15-16H,6H2,1-2H3. The Labute approximate surface area is 130 Å². The number of aliphatic hydroxyl groups excluding tert-OH is 1. The van der Waals surface area contributed by atoms with Crippen molar-refractivity contribution in [1.82, 2.24) is 0 Å². The summed E-state index contributed by atoms with van der Waals surface area (Å²) >= 11 is 4.67. The number of rotatable bonds is 4. The fourth-order valence-electron chi connectivity index (χ4n) is 1.80. The van der Waals surface area contributed by atoms with E-state index >= 15 is 0 Å². The zero-order valence-corrected chi connectivity index (χ0v) is 14.2. The monoisotopic (exact) mass is 375 g/mol. The van der Waals surface area contributed by atoms with Gasteiger partial charge < -0.3 is 5.11 Å². The van der Waals surface area contributed by atoms with Crippen LogP contribution in [0.2, 0.25) is 0 Å². The van der Waals surface area contributed by atoms with Gasteiger partial charge in [-0.05, 0) is 43.2 Å². The number of anilines is 1. The van der Waals surface area contributed by atoms with Crippen LogP contribution in [-0.4, -0.2) is 13.5 Å². The molecular weight excluding hydrogens is 362 g/mol. The molecule has 0 atom stereocenters. The van der Waals surface area contributed by atoms with Crippen molar-refractivity contribution in [2.75, 3.05) is 4.72 Å². The van der Waals surface area contributed by atoms with Crippen molar-refractivity contribution in [2.45, 2.75) is 25.3 Å². The van der Waals surface area contributed by atoms with Crippen molar-refractivity contribution in [3.63, 3.8) is 0 Å². The fraction of sp³-hybridized carbons (Fsp3) is 0.231. The highest BCUT2D eigenvalue weighted by molar-refractivity contribution is 9.10. The largest absolute Gasteiger partial charge is 0.391 e. The Balaban J connectivity index is 2.33. The summed E-state index contributed by atoms with van der Waals surface area (Å²) in [7, 11) is -3.61. The molecule has 0 saturated heterocycles. The first kappa shape index (κ1) is 15.5. The van der Waals surface area contributed by atoms with Gasteiger partial charge in [-0.15, -0.1) is 11.3 Å². The molecule has 7 heteroatoms. The number of aliphatic hydroxyl groups is 1. The second kappa shape index (κ2) is 5.85. The van der Waals surface area contributed by atoms with Crippen LogP contribution in [0.25, 0.3) is 0 Å². The molecule has 0 aliphatic carbocycles. The van der Waals surface area contributed by atoms with Crippen LogP contribution in [0.15, 0.2) is 32.9 Å². The molecule has 0 saturated carbocycles. The average molecular weight is 376 g/mol. The van der Waals surface area contributed by atoms with E-state index in [4.69, 9.17) is 5.11 Å². The SMILES string of the molecule is Cc1cc(NS(=O)(=O)c2csc(CO)c2)cc(C)c1Br. The molecule has 0 aliphatic heterocycles. The minimum absolute atomic E-state index is 0.156. The molecule has 0 radical (unpaired) electrons. The second-order valence-electron chi connectivity index (χ2n) is 4.44. The maximum atomic E-state index is 12.2. The van der Waals surface area contributed by atoms with Gasteiger partial charge >= 0.3 is 0 Å². The van der Waals surface area contributed by atoms with E-state index in [1.807, 2.05) is 13.8 Å². The van der Waals surface area contributed by atoms with Gasteiger partial charge in [-0.1, -0.05) is 15.9 Å². The molecule has 108 valence electrons. The maximum Gasteiger partial charge on any atom is 0.262 e. The van der Waals surface area contributed by atoms with Crippen LogP contribution in [0.3, 0.4) is 0 Å². The van der Waals surface area contributed by atoms with Crippen LogP contribution >= 0.6 is 27.3 Å². The topological polar surface area (TPSA) is 66.4 Å². The molecule has 0 unspecified atom stereocenters. The quantitative estimate of drug-likeness (QED) is 0.859. The predicted octanol–water partition coefficient (Wildman–Crippen LogP) is 3.42. The van der Waals surface area contributed by atoms with Crippen molar-refractivity contribution < 1.29 is 13.5 Å². The summed E-state index contributed by atoms with van der Waals surface area (Å²) in [6.07, 6.45) is 0. The van der Waals surface area contributed by atoms with Crippen LogP contribution in [0, 0.1) is 13.8 Å². The summed E-state index contributed by atoms with van der Waals surface area (Å²) in [5.74, 6) is 0. The molecule has 0 fully saturated rings. The van der Waals surface area contributed by atoms with Crippen molar-refractivity contribution in [1.29, 1.82) is 0 Å². The number of thiophene rings is 1. The molecule has 0 amide bonds. The van der Waals surface area contributed by atoms with Crippen LogP contribution < -0.4 is 4.72 Å². The minimum Gasteiger partial charge on any atom is -0.391 e. The summed E-state index contributed by atoms with van der Waals surface area (Å²) < 4.78 is 28.0. The number of hydrogen-bond donors (Lipinski definition) is 2. The minimum atomic E-state index is -3.61. The van der Waals surface area contributed by atoms with Crippen LogP contribution in [0.5, 0.6) is 0 Å². The van der Waals surface area contributed by atoms with E-state index < -0.39 is 10.0 Å². The molecule has 2 aromatic rings. The highest BCUT2D eigenvalue weighted by Crippen LogP contribution is 2.27. The van der Waals surface area contributed by atoms with E-state index in [1.54, 1.807) is 12.1 Å². The van der Waals surface area contributed by atoms with E-state index in [0.717, 1.165) is 15.6 Å². The lowest BCUT2D eigenvalue weighted by molar-refractivity contribution is 0.285. The molecular formula is C13H14BrNO3S2. The lowest BCUT2D eigenvalue weighted by atomic mass is 10.1. The Morgan fingerprint density at radius 2 is 1.85 bits per heavy atom. The first-order valence-corrected chi connectivity index (χ1v) is 8.97. The molecule has 20 heavy (non-hydrogen) atoms. The third-order valence-corrected chi connectivity index (χ3v) is 6.47. The number of sulfonamides is 1. The van der Waals surface area contributed by atoms with E-state index in [0.29, 0.717) is 10.6 Å². The van der Waals surface area contributed by atoms with Gasteiger partial charge in [0.15, 0.2) is 0 Å². The molecule has 1 heterocycles. The van der Waals surface area contributed by atoms with Gasteiger partial charge in [0, 0.05) is 20.4 Å². The Kier molecular flexibility index (Phi) is 4.53. The molecule has 4 nitrogen and oxygen atoms in total. The van der Waals surface area contributed by atoms with E-state index in [-0.39, 0.29) is 11.5 Å². The first-order chi connectivity index (χ1) is 9.33. The normalized spacial score (nSPS) is 11.6. The summed E-state index contributed by atoms with van der Waals surface area (Å²) in [5.41, 5.74) is 2.45.